The second kappa shape index (κ2) is 7.91. The summed E-state index contributed by atoms with van der Waals surface area (Å²) < 4.78 is 5.99. The van der Waals surface area contributed by atoms with Crippen LogP contribution in [0.5, 0.6) is 0 Å². The highest BCUT2D eigenvalue weighted by Gasteiger charge is 2.42. The van der Waals surface area contributed by atoms with Crippen molar-refractivity contribution in [1.82, 2.24) is 0 Å². The van der Waals surface area contributed by atoms with Crippen LogP contribution < -0.4 is 0 Å². The van der Waals surface area contributed by atoms with E-state index in [9.17, 15) is 15.3 Å². The molecule has 0 radical (unpaired) electrons. The van der Waals surface area contributed by atoms with Gasteiger partial charge >= 0.3 is 0 Å². The second-order valence-corrected chi connectivity index (χ2v) is 7.98. The highest BCUT2D eigenvalue weighted by molar-refractivity contribution is 4.87. The fraction of sp³-hybridized carbons (Fsp3) is 1.00. The molecular formula is C17H36O4. The molecule has 4 unspecified atom stereocenters. The Kier molecular flexibility index (Phi) is 7.85. The van der Waals surface area contributed by atoms with E-state index in [0.717, 1.165) is 6.42 Å². The minimum atomic E-state index is -1.56. The molecule has 4 nitrogen and oxygen atoms in total. The molecule has 128 valence electrons. The molecule has 0 heterocycles. The van der Waals surface area contributed by atoms with Gasteiger partial charge < -0.3 is 20.1 Å². The maximum atomic E-state index is 9.77. The third-order valence-electron chi connectivity index (χ3n) is 5.31. The first-order chi connectivity index (χ1) is 9.39. The fourth-order valence-corrected chi connectivity index (χ4v) is 2.50. The average Bonchev–Trinajstić information content (AvgIpc) is 2.36. The molecule has 0 amide bonds. The first-order valence-corrected chi connectivity index (χ1v) is 8.02. The molecular weight excluding hydrogens is 268 g/mol. The lowest BCUT2D eigenvalue weighted by Gasteiger charge is -2.43. The van der Waals surface area contributed by atoms with E-state index in [-0.39, 0.29) is 23.9 Å². The summed E-state index contributed by atoms with van der Waals surface area (Å²) >= 11 is 0. The molecule has 0 aromatic heterocycles. The van der Waals surface area contributed by atoms with Gasteiger partial charge in [0, 0.05) is 0 Å². The van der Waals surface area contributed by atoms with Gasteiger partial charge in [-0.2, -0.15) is 0 Å². The van der Waals surface area contributed by atoms with Crippen LogP contribution >= 0.6 is 0 Å². The lowest BCUT2D eigenvalue weighted by atomic mass is 9.73. The maximum absolute atomic E-state index is 9.77. The van der Waals surface area contributed by atoms with Crippen molar-refractivity contribution < 1.29 is 20.1 Å². The van der Waals surface area contributed by atoms with Crippen LogP contribution in [0.15, 0.2) is 0 Å². The molecule has 0 aliphatic heterocycles. The Morgan fingerprint density at radius 1 is 1.00 bits per heavy atom. The number of aliphatic hydroxyl groups is 3. The molecule has 0 fully saturated rings. The van der Waals surface area contributed by atoms with Crippen molar-refractivity contribution in [3.8, 4) is 0 Å². The van der Waals surface area contributed by atoms with Crippen LogP contribution in [0.2, 0.25) is 0 Å². The SMILES string of the molecule is CCC(C)C(C)(C)C(OC(CO)C(C)C(C)(C)C)C(O)O. The van der Waals surface area contributed by atoms with Crippen LogP contribution in [0.4, 0.5) is 0 Å². The molecule has 21 heavy (non-hydrogen) atoms. The molecule has 0 bridgehead atoms. The van der Waals surface area contributed by atoms with Crippen molar-refractivity contribution in [2.75, 3.05) is 6.61 Å². The van der Waals surface area contributed by atoms with Gasteiger partial charge in [-0.1, -0.05) is 61.8 Å². The first kappa shape index (κ1) is 20.8. The Morgan fingerprint density at radius 3 is 1.76 bits per heavy atom. The van der Waals surface area contributed by atoms with Crippen LogP contribution in [0.25, 0.3) is 0 Å². The van der Waals surface area contributed by atoms with Crippen LogP contribution in [0.1, 0.15) is 61.8 Å². The summed E-state index contributed by atoms with van der Waals surface area (Å²) in [5, 5.41) is 29.2. The smallest absolute Gasteiger partial charge is 0.178 e. The lowest BCUT2D eigenvalue weighted by molar-refractivity contribution is -0.226. The van der Waals surface area contributed by atoms with Crippen molar-refractivity contribution in [3.05, 3.63) is 0 Å². The van der Waals surface area contributed by atoms with Crippen molar-refractivity contribution in [2.45, 2.75) is 80.3 Å². The highest BCUT2D eigenvalue weighted by Crippen LogP contribution is 2.38. The van der Waals surface area contributed by atoms with Gasteiger partial charge in [0.05, 0.1) is 12.7 Å². The van der Waals surface area contributed by atoms with Crippen LogP contribution in [0.3, 0.4) is 0 Å². The average molecular weight is 304 g/mol. The summed E-state index contributed by atoms with van der Waals surface area (Å²) in [5.41, 5.74) is -0.424. The molecule has 4 atom stereocenters. The molecule has 0 rings (SSSR count). The predicted octanol–water partition coefficient (Wildman–Crippen LogP) is 2.80. The zero-order valence-corrected chi connectivity index (χ0v) is 15.1. The minimum absolute atomic E-state index is 0.0289. The van der Waals surface area contributed by atoms with Gasteiger partial charge in [-0.15, -0.1) is 0 Å². The fourth-order valence-electron chi connectivity index (χ4n) is 2.50. The summed E-state index contributed by atoms with van der Waals surface area (Å²) in [4.78, 5) is 0. The van der Waals surface area contributed by atoms with Crippen LogP contribution in [-0.2, 0) is 4.74 Å². The number of hydrogen-bond donors (Lipinski definition) is 3. The number of rotatable bonds is 8. The van der Waals surface area contributed by atoms with Crippen molar-refractivity contribution >= 4 is 0 Å². The van der Waals surface area contributed by atoms with Gasteiger partial charge in [0.25, 0.3) is 0 Å². The van der Waals surface area contributed by atoms with Crippen LogP contribution in [0, 0.1) is 22.7 Å². The Morgan fingerprint density at radius 2 is 1.48 bits per heavy atom. The van der Waals surface area contributed by atoms with E-state index in [1.54, 1.807) is 0 Å². The summed E-state index contributed by atoms with van der Waals surface area (Å²) in [6, 6.07) is 0. The minimum Gasteiger partial charge on any atom is -0.394 e. The van der Waals surface area contributed by atoms with Gasteiger partial charge in [-0.3, -0.25) is 0 Å². The number of ether oxygens (including phenoxy) is 1. The first-order valence-electron chi connectivity index (χ1n) is 8.02. The normalized spacial score (nSPS) is 19.4. The third kappa shape index (κ3) is 5.51. The Balaban J connectivity index is 5.24. The molecule has 3 N–H and O–H groups in total. The monoisotopic (exact) mass is 304 g/mol. The Hall–Kier alpha value is -0.160. The second-order valence-electron chi connectivity index (χ2n) is 7.98. The largest absolute Gasteiger partial charge is 0.394 e. The Labute approximate surface area is 130 Å². The molecule has 0 aliphatic carbocycles. The van der Waals surface area contributed by atoms with Gasteiger partial charge in [0.1, 0.15) is 6.10 Å². The van der Waals surface area contributed by atoms with E-state index in [1.807, 2.05) is 20.8 Å². The van der Waals surface area contributed by atoms with Crippen molar-refractivity contribution in [3.63, 3.8) is 0 Å². The van der Waals surface area contributed by atoms with Crippen molar-refractivity contribution in [2.24, 2.45) is 22.7 Å². The zero-order chi connectivity index (χ0) is 17.0. The highest BCUT2D eigenvalue weighted by atomic mass is 16.6. The quantitative estimate of drug-likeness (QED) is 0.603. The summed E-state index contributed by atoms with van der Waals surface area (Å²) in [6.45, 7) is 16.3. The van der Waals surface area contributed by atoms with Gasteiger partial charge in [-0.25, -0.2) is 0 Å². The Bertz CT molecular complexity index is 294. The van der Waals surface area contributed by atoms with Gasteiger partial charge in [0.2, 0.25) is 0 Å². The number of hydrogen-bond acceptors (Lipinski definition) is 4. The van der Waals surface area contributed by atoms with E-state index in [1.165, 1.54) is 0 Å². The predicted molar refractivity (Wildman–Crippen MR) is 85.8 cm³/mol. The topological polar surface area (TPSA) is 69.9 Å². The van der Waals surface area contributed by atoms with E-state index in [4.69, 9.17) is 4.74 Å². The third-order valence-corrected chi connectivity index (χ3v) is 5.31. The molecule has 0 saturated heterocycles. The molecule has 0 aliphatic rings. The van der Waals surface area contributed by atoms with Gasteiger partial charge in [-0.05, 0) is 22.7 Å². The maximum Gasteiger partial charge on any atom is 0.178 e. The number of aliphatic hydroxyl groups excluding tert-OH is 2. The summed E-state index contributed by atoms with van der Waals surface area (Å²) in [6.07, 6.45) is -1.78. The molecule has 0 saturated carbocycles. The van der Waals surface area contributed by atoms with E-state index in [2.05, 4.69) is 34.6 Å². The summed E-state index contributed by atoms with van der Waals surface area (Å²) in [5.74, 6) is 0.366. The lowest BCUT2D eigenvalue weighted by Crippen LogP contribution is -2.49. The van der Waals surface area contributed by atoms with E-state index >= 15 is 0 Å². The van der Waals surface area contributed by atoms with Gasteiger partial charge in [0.15, 0.2) is 6.29 Å². The van der Waals surface area contributed by atoms with E-state index < -0.39 is 23.9 Å². The standard InChI is InChI=1S/C17H36O4/c1-9-11(2)17(7,8)14(15(19)20)21-13(10-18)12(3)16(4,5)6/h11-15,18-20H,9-10H2,1-8H3. The molecule has 0 aromatic carbocycles. The molecule has 4 heteroatoms. The van der Waals surface area contributed by atoms with Crippen LogP contribution in [-0.4, -0.2) is 40.4 Å². The summed E-state index contributed by atoms with van der Waals surface area (Å²) in [7, 11) is 0. The van der Waals surface area contributed by atoms with Crippen molar-refractivity contribution in [1.29, 1.82) is 0 Å². The molecule has 0 aromatic rings. The zero-order valence-electron chi connectivity index (χ0n) is 15.1. The van der Waals surface area contributed by atoms with E-state index in [0.29, 0.717) is 0 Å². The molecule has 0 spiro atoms.